The Hall–Kier alpha value is -1.79. The summed E-state index contributed by atoms with van der Waals surface area (Å²) >= 11 is 1.62. The molecule has 0 aliphatic heterocycles. The van der Waals surface area contributed by atoms with E-state index < -0.39 is 0 Å². The second-order valence-electron chi connectivity index (χ2n) is 4.14. The average Bonchev–Trinajstić information content (AvgIpc) is 2.76. The van der Waals surface area contributed by atoms with Crippen molar-refractivity contribution in [3.63, 3.8) is 0 Å². The third kappa shape index (κ3) is 4.11. The third-order valence-electron chi connectivity index (χ3n) is 2.48. The minimum Gasteiger partial charge on any atom is -0.325 e. The van der Waals surface area contributed by atoms with Crippen molar-refractivity contribution in [1.82, 2.24) is 15.3 Å². The fourth-order valence-electron chi connectivity index (χ4n) is 1.69. The Labute approximate surface area is 116 Å². The number of carbonyl (C=O) groups is 1. The van der Waals surface area contributed by atoms with Crippen LogP contribution in [-0.4, -0.2) is 15.9 Å². The SMILES string of the molecule is CC(=O)Nc1ccsc1CNCc1ccnc(C)n1. The summed E-state index contributed by atoms with van der Waals surface area (Å²) in [5, 5.41) is 8.10. The van der Waals surface area contributed by atoms with Crippen LogP contribution in [0.4, 0.5) is 5.69 Å². The second-order valence-corrected chi connectivity index (χ2v) is 5.14. The van der Waals surface area contributed by atoms with Crippen molar-refractivity contribution >= 4 is 22.9 Å². The van der Waals surface area contributed by atoms with Crippen LogP contribution in [0.5, 0.6) is 0 Å². The Balaban J connectivity index is 1.89. The van der Waals surface area contributed by atoms with E-state index in [0.717, 1.165) is 22.1 Å². The van der Waals surface area contributed by atoms with Crippen LogP contribution in [0.25, 0.3) is 0 Å². The molecule has 0 aliphatic carbocycles. The maximum atomic E-state index is 11.1. The van der Waals surface area contributed by atoms with Gasteiger partial charge in [-0.2, -0.15) is 0 Å². The maximum Gasteiger partial charge on any atom is 0.221 e. The number of carbonyl (C=O) groups excluding carboxylic acids is 1. The second kappa shape index (κ2) is 6.40. The first-order valence-electron chi connectivity index (χ1n) is 5.98. The van der Waals surface area contributed by atoms with Crippen molar-refractivity contribution in [1.29, 1.82) is 0 Å². The van der Waals surface area contributed by atoms with Crippen LogP contribution in [0, 0.1) is 6.92 Å². The van der Waals surface area contributed by atoms with Crippen LogP contribution >= 0.6 is 11.3 Å². The molecule has 0 aliphatic rings. The summed E-state index contributed by atoms with van der Waals surface area (Å²) in [6, 6.07) is 3.81. The van der Waals surface area contributed by atoms with E-state index in [2.05, 4.69) is 20.6 Å². The number of aromatic nitrogens is 2. The van der Waals surface area contributed by atoms with Crippen molar-refractivity contribution in [2.24, 2.45) is 0 Å². The van der Waals surface area contributed by atoms with Gasteiger partial charge in [-0.15, -0.1) is 11.3 Å². The molecule has 2 N–H and O–H groups in total. The van der Waals surface area contributed by atoms with Crippen LogP contribution < -0.4 is 10.6 Å². The van der Waals surface area contributed by atoms with Gasteiger partial charge in [-0.05, 0) is 24.4 Å². The molecule has 0 unspecified atom stereocenters. The van der Waals surface area contributed by atoms with E-state index in [-0.39, 0.29) is 5.91 Å². The lowest BCUT2D eigenvalue weighted by Gasteiger charge is -2.06. The molecule has 0 saturated heterocycles. The van der Waals surface area contributed by atoms with Crippen molar-refractivity contribution in [3.05, 3.63) is 40.1 Å². The van der Waals surface area contributed by atoms with Crippen molar-refractivity contribution < 1.29 is 4.79 Å². The van der Waals surface area contributed by atoms with Gasteiger partial charge in [0.25, 0.3) is 0 Å². The molecule has 0 bridgehead atoms. The molecular weight excluding hydrogens is 260 g/mol. The Morgan fingerprint density at radius 1 is 1.37 bits per heavy atom. The minimum atomic E-state index is -0.0499. The van der Waals surface area contributed by atoms with Crippen LogP contribution in [0.3, 0.4) is 0 Å². The average molecular weight is 276 g/mol. The molecule has 5 nitrogen and oxygen atoms in total. The van der Waals surface area contributed by atoms with Gasteiger partial charge in [0.15, 0.2) is 0 Å². The van der Waals surface area contributed by atoms with Crippen LogP contribution in [0.1, 0.15) is 23.3 Å². The molecule has 2 rings (SSSR count). The number of hydrogen-bond donors (Lipinski definition) is 2. The van der Waals surface area contributed by atoms with Crippen LogP contribution in [0.2, 0.25) is 0 Å². The van der Waals surface area contributed by atoms with Gasteiger partial charge in [0, 0.05) is 31.1 Å². The van der Waals surface area contributed by atoms with Gasteiger partial charge >= 0.3 is 0 Å². The quantitative estimate of drug-likeness (QED) is 0.877. The van der Waals surface area contributed by atoms with E-state index >= 15 is 0 Å². The summed E-state index contributed by atoms with van der Waals surface area (Å²) in [5.74, 6) is 0.723. The van der Waals surface area contributed by atoms with E-state index in [1.807, 2.05) is 24.4 Å². The Bertz CT molecular complexity index is 567. The standard InChI is InChI=1S/C13H16N4OS/c1-9-15-5-3-11(16-9)7-14-8-13-12(4-6-19-13)17-10(2)18/h3-6,14H,7-8H2,1-2H3,(H,17,18). The zero-order chi connectivity index (χ0) is 13.7. The number of anilines is 1. The van der Waals surface area contributed by atoms with Crippen molar-refractivity contribution in [2.45, 2.75) is 26.9 Å². The van der Waals surface area contributed by atoms with Crippen molar-refractivity contribution in [3.8, 4) is 0 Å². The topological polar surface area (TPSA) is 66.9 Å². The minimum absolute atomic E-state index is 0.0499. The first kappa shape index (κ1) is 13.6. The van der Waals surface area contributed by atoms with Gasteiger partial charge in [0.1, 0.15) is 5.82 Å². The molecule has 0 spiro atoms. The van der Waals surface area contributed by atoms with Crippen LogP contribution in [0.15, 0.2) is 23.7 Å². The predicted octanol–water partition coefficient (Wildman–Crippen LogP) is 2.09. The first-order chi connectivity index (χ1) is 9.15. The zero-order valence-electron chi connectivity index (χ0n) is 10.9. The smallest absolute Gasteiger partial charge is 0.221 e. The summed E-state index contributed by atoms with van der Waals surface area (Å²) in [7, 11) is 0. The van der Waals surface area contributed by atoms with E-state index in [0.29, 0.717) is 13.1 Å². The Kier molecular flexibility index (Phi) is 4.59. The number of amides is 1. The molecule has 19 heavy (non-hydrogen) atoms. The van der Waals surface area contributed by atoms with E-state index in [1.165, 1.54) is 6.92 Å². The predicted molar refractivity (Wildman–Crippen MR) is 75.9 cm³/mol. The number of thiophene rings is 1. The number of nitrogens with one attached hydrogen (secondary N) is 2. The zero-order valence-corrected chi connectivity index (χ0v) is 11.8. The molecule has 100 valence electrons. The van der Waals surface area contributed by atoms with Gasteiger partial charge in [-0.3, -0.25) is 4.79 Å². The Morgan fingerprint density at radius 2 is 2.21 bits per heavy atom. The molecule has 0 atom stereocenters. The van der Waals surface area contributed by atoms with Crippen molar-refractivity contribution in [2.75, 3.05) is 5.32 Å². The highest BCUT2D eigenvalue weighted by molar-refractivity contribution is 7.10. The number of nitrogens with zero attached hydrogens (tertiary/aromatic N) is 2. The van der Waals surface area contributed by atoms with Gasteiger partial charge in [0.05, 0.1) is 11.4 Å². The fourth-order valence-corrected chi connectivity index (χ4v) is 2.49. The summed E-state index contributed by atoms with van der Waals surface area (Å²) in [6.07, 6.45) is 1.76. The molecule has 2 heterocycles. The number of rotatable bonds is 5. The molecule has 0 radical (unpaired) electrons. The van der Waals surface area contributed by atoms with Gasteiger partial charge in [-0.25, -0.2) is 9.97 Å². The highest BCUT2D eigenvalue weighted by Gasteiger charge is 2.05. The molecule has 1 amide bonds. The molecule has 0 saturated carbocycles. The van der Waals surface area contributed by atoms with Gasteiger partial charge in [0.2, 0.25) is 5.91 Å². The summed E-state index contributed by atoms with van der Waals surface area (Å²) in [4.78, 5) is 20.5. The highest BCUT2D eigenvalue weighted by atomic mass is 32.1. The van der Waals surface area contributed by atoms with E-state index in [9.17, 15) is 4.79 Å². The molecule has 6 heteroatoms. The lowest BCUT2D eigenvalue weighted by atomic mass is 10.3. The number of aryl methyl sites for hydroxylation is 1. The number of hydrogen-bond acceptors (Lipinski definition) is 5. The molecule has 2 aromatic rings. The first-order valence-corrected chi connectivity index (χ1v) is 6.86. The summed E-state index contributed by atoms with van der Waals surface area (Å²) < 4.78 is 0. The Morgan fingerprint density at radius 3 is 2.95 bits per heavy atom. The summed E-state index contributed by atoms with van der Waals surface area (Å²) in [6.45, 7) is 4.77. The lowest BCUT2D eigenvalue weighted by Crippen LogP contribution is -2.15. The van der Waals surface area contributed by atoms with E-state index in [4.69, 9.17) is 0 Å². The largest absolute Gasteiger partial charge is 0.325 e. The van der Waals surface area contributed by atoms with Gasteiger partial charge in [-0.1, -0.05) is 0 Å². The van der Waals surface area contributed by atoms with E-state index in [1.54, 1.807) is 17.5 Å². The molecule has 0 fully saturated rings. The molecular formula is C13H16N4OS. The third-order valence-corrected chi connectivity index (χ3v) is 3.40. The summed E-state index contributed by atoms with van der Waals surface area (Å²) in [5.41, 5.74) is 1.84. The maximum absolute atomic E-state index is 11.1. The normalized spacial score (nSPS) is 10.4. The fraction of sp³-hybridized carbons (Fsp3) is 0.308. The molecule has 0 aromatic carbocycles. The highest BCUT2D eigenvalue weighted by Crippen LogP contribution is 2.21. The monoisotopic (exact) mass is 276 g/mol. The van der Waals surface area contributed by atoms with Gasteiger partial charge < -0.3 is 10.6 Å². The lowest BCUT2D eigenvalue weighted by molar-refractivity contribution is -0.114. The van der Waals surface area contributed by atoms with Crippen LogP contribution in [-0.2, 0) is 17.9 Å². The molecule has 2 aromatic heterocycles.